The van der Waals surface area contributed by atoms with Crippen molar-refractivity contribution in [2.45, 2.75) is 40.5 Å². The fourth-order valence-electron chi connectivity index (χ4n) is 1.66. The first-order valence-corrected chi connectivity index (χ1v) is 6.61. The van der Waals surface area contributed by atoms with Crippen LogP contribution in [-0.2, 0) is 9.59 Å². The zero-order chi connectivity index (χ0) is 14.8. The molecule has 0 radical (unpaired) electrons. The Morgan fingerprint density at radius 3 is 2.26 bits per heavy atom. The van der Waals surface area contributed by atoms with Crippen LogP contribution in [0.15, 0.2) is 34.9 Å². The average Bonchev–Trinajstić information content (AvgIpc) is 2.41. The molecule has 0 rings (SSSR count). The lowest BCUT2D eigenvalue weighted by Crippen LogP contribution is -2.28. The van der Waals surface area contributed by atoms with Crippen molar-refractivity contribution in [1.82, 2.24) is 5.32 Å². The van der Waals surface area contributed by atoms with Gasteiger partial charge >= 0.3 is 0 Å². The largest absolute Gasteiger partial charge is 0.359 e. The van der Waals surface area contributed by atoms with Crippen molar-refractivity contribution in [3.8, 4) is 0 Å². The smallest absolute Gasteiger partial charge is 0.227 e. The molecule has 0 saturated heterocycles. The van der Waals surface area contributed by atoms with Gasteiger partial charge in [0.15, 0.2) is 0 Å². The molecule has 1 atom stereocenters. The van der Waals surface area contributed by atoms with Gasteiger partial charge < -0.3 is 10.1 Å². The maximum Gasteiger partial charge on any atom is 0.227 e. The van der Waals surface area contributed by atoms with E-state index >= 15 is 0 Å². The van der Waals surface area contributed by atoms with Gasteiger partial charge in [-0.25, -0.2) is 0 Å². The molecular weight excluding hydrogens is 238 g/mol. The summed E-state index contributed by atoms with van der Waals surface area (Å²) >= 11 is 0. The number of nitrogens with one attached hydrogen (secondary N) is 1. The van der Waals surface area contributed by atoms with E-state index in [9.17, 15) is 9.59 Å². The van der Waals surface area contributed by atoms with Crippen LogP contribution in [0.4, 0.5) is 0 Å². The first-order chi connectivity index (χ1) is 8.97. The summed E-state index contributed by atoms with van der Waals surface area (Å²) in [6, 6.07) is 0. The monoisotopic (exact) mass is 263 g/mol. The van der Waals surface area contributed by atoms with Gasteiger partial charge in [0.05, 0.1) is 5.92 Å². The first-order valence-electron chi connectivity index (χ1n) is 6.61. The van der Waals surface area contributed by atoms with Crippen molar-refractivity contribution in [1.29, 1.82) is 0 Å². The second kappa shape index (κ2) is 9.31. The molecule has 0 heterocycles. The highest BCUT2D eigenvalue weighted by Crippen LogP contribution is 2.19. The first kappa shape index (κ1) is 17.4. The van der Waals surface area contributed by atoms with Crippen LogP contribution in [0.5, 0.6) is 0 Å². The highest BCUT2D eigenvalue weighted by Gasteiger charge is 2.19. The topological polar surface area (TPSA) is 46.2 Å². The third kappa shape index (κ3) is 6.18. The maximum atomic E-state index is 11.9. The third-order valence-electron chi connectivity index (χ3n) is 3.19. The second-order valence-corrected chi connectivity index (χ2v) is 4.72. The van der Waals surface area contributed by atoms with Crippen molar-refractivity contribution >= 4 is 12.2 Å². The van der Waals surface area contributed by atoms with E-state index in [1.165, 1.54) is 11.1 Å². The maximum absolute atomic E-state index is 11.9. The van der Waals surface area contributed by atoms with E-state index < -0.39 is 0 Å². The van der Waals surface area contributed by atoms with E-state index in [-0.39, 0.29) is 11.8 Å². The molecule has 0 spiro atoms. The van der Waals surface area contributed by atoms with Crippen LogP contribution >= 0.6 is 0 Å². The van der Waals surface area contributed by atoms with Gasteiger partial charge in [-0.3, -0.25) is 4.79 Å². The molecule has 0 aromatic rings. The standard InChI is InChI=1S/C16H25NO2/c1-6-14(10-9-13(4)12(2)3)15(8-7-11-18)16(19)17-5/h6,9-11,15H,7-8H2,1-5H3,(H,17,19)/b10-9-,14-6+. The fraction of sp³-hybridized carbons (Fsp3) is 0.500. The zero-order valence-corrected chi connectivity index (χ0v) is 12.6. The lowest BCUT2D eigenvalue weighted by molar-refractivity contribution is -0.123. The molecule has 106 valence electrons. The molecule has 0 aliphatic heterocycles. The van der Waals surface area contributed by atoms with Crippen LogP contribution < -0.4 is 5.32 Å². The molecule has 0 aliphatic carbocycles. The van der Waals surface area contributed by atoms with Crippen LogP contribution in [0.25, 0.3) is 0 Å². The highest BCUT2D eigenvalue weighted by atomic mass is 16.1. The van der Waals surface area contributed by atoms with Crippen LogP contribution in [0.1, 0.15) is 40.5 Å². The molecule has 1 unspecified atom stereocenters. The minimum atomic E-state index is -0.263. The number of hydrogen-bond acceptors (Lipinski definition) is 2. The summed E-state index contributed by atoms with van der Waals surface area (Å²) in [4.78, 5) is 22.4. The Morgan fingerprint density at radius 2 is 1.84 bits per heavy atom. The summed E-state index contributed by atoms with van der Waals surface area (Å²) in [7, 11) is 1.62. The van der Waals surface area contributed by atoms with Crippen molar-refractivity contribution in [2.24, 2.45) is 5.92 Å². The fourth-order valence-corrected chi connectivity index (χ4v) is 1.66. The third-order valence-corrected chi connectivity index (χ3v) is 3.19. The molecule has 0 saturated carbocycles. The van der Waals surface area contributed by atoms with Gasteiger partial charge in [0.25, 0.3) is 0 Å². The van der Waals surface area contributed by atoms with E-state index in [0.29, 0.717) is 12.8 Å². The van der Waals surface area contributed by atoms with Crippen LogP contribution in [0.3, 0.4) is 0 Å². The second-order valence-electron chi connectivity index (χ2n) is 4.72. The number of hydrogen-bond donors (Lipinski definition) is 1. The molecule has 0 fully saturated rings. The predicted octanol–water partition coefficient (Wildman–Crippen LogP) is 3.19. The number of allylic oxidation sites excluding steroid dienone is 5. The summed E-state index contributed by atoms with van der Waals surface area (Å²) in [5, 5.41) is 2.66. The Morgan fingerprint density at radius 1 is 1.21 bits per heavy atom. The molecule has 3 nitrogen and oxygen atoms in total. The van der Waals surface area contributed by atoms with E-state index in [4.69, 9.17) is 0 Å². The molecule has 1 N–H and O–H groups in total. The molecule has 0 bridgehead atoms. The highest BCUT2D eigenvalue weighted by molar-refractivity contribution is 5.82. The SMILES string of the molecule is C/C=C(\C=C/C(C)=C(C)C)C(CCC=O)C(=O)NC. The van der Waals surface area contributed by atoms with Crippen molar-refractivity contribution in [2.75, 3.05) is 7.05 Å². The van der Waals surface area contributed by atoms with E-state index in [1.807, 2.05) is 32.1 Å². The molecule has 0 aromatic carbocycles. The average molecular weight is 263 g/mol. The van der Waals surface area contributed by atoms with Gasteiger partial charge in [-0.2, -0.15) is 0 Å². The quantitative estimate of drug-likeness (QED) is 0.566. The minimum Gasteiger partial charge on any atom is -0.359 e. The number of rotatable bonds is 7. The van der Waals surface area contributed by atoms with Gasteiger partial charge in [0.1, 0.15) is 6.29 Å². The molecule has 19 heavy (non-hydrogen) atoms. The Labute approximate surface area is 116 Å². The number of aldehydes is 1. The number of carbonyl (C=O) groups excluding carboxylic acids is 2. The summed E-state index contributed by atoms with van der Waals surface area (Å²) in [6.45, 7) is 8.06. The Hall–Kier alpha value is -1.64. The van der Waals surface area contributed by atoms with Crippen LogP contribution in [-0.4, -0.2) is 19.2 Å². The molecule has 0 aliphatic rings. The van der Waals surface area contributed by atoms with Gasteiger partial charge in [-0.15, -0.1) is 0 Å². The van der Waals surface area contributed by atoms with E-state index in [2.05, 4.69) is 19.2 Å². The molecular formula is C16H25NO2. The van der Waals surface area contributed by atoms with Crippen molar-refractivity contribution in [3.05, 3.63) is 34.9 Å². The van der Waals surface area contributed by atoms with Gasteiger partial charge in [0.2, 0.25) is 5.91 Å². The van der Waals surface area contributed by atoms with E-state index in [1.54, 1.807) is 7.05 Å². The lowest BCUT2D eigenvalue weighted by atomic mass is 9.92. The molecule has 1 amide bonds. The van der Waals surface area contributed by atoms with Crippen molar-refractivity contribution in [3.63, 3.8) is 0 Å². The summed E-state index contributed by atoms with van der Waals surface area (Å²) < 4.78 is 0. The number of amides is 1. The van der Waals surface area contributed by atoms with Crippen LogP contribution in [0.2, 0.25) is 0 Å². The predicted molar refractivity (Wildman–Crippen MR) is 79.8 cm³/mol. The summed E-state index contributed by atoms with van der Waals surface area (Å²) in [6.07, 6.45) is 7.70. The van der Waals surface area contributed by atoms with Crippen molar-refractivity contribution < 1.29 is 9.59 Å². The Bertz CT molecular complexity index is 399. The van der Waals surface area contributed by atoms with Crippen LogP contribution in [0, 0.1) is 5.92 Å². The van der Waals surface area contributed by atoms with Gasteiger partial charge in [-0.1, -0.05) is 29.4 Å². The number of carbonyl (C=O) groups is 2. The normalized spacial score (nSPS) is 13.2. The molecule has 0 aromatic heterocycles. The summed E-state index contributed by atoms with van der Waals surface area (Å²) in [5.74, 6) is -0.309. The zero-order valence-electron chi connectivity index (χ0n) is 12.6. The van der Waals surface area contributed by atoms with Gasteiger partial charge in [0, 0.05) is 13.5 Å². The Balaban J connectivity index is 5.11. The summed E-state index contributed by atoms with van der Waals surface area (Å²) in [5.41, 5.74) is 3.38. The minimum absolute atomic E-state index is 0.0468. The Kier molecular flexibility index (Phi) is 8.51. The van der Waals surface area contributed by atoms with E-state index in [0.717, 1.165) is 11.9 Å². The van der Waals surface area contributed by atoms with Gasteiger partial charge in [-0.05, 0) is 39.7 Å². The lowest BCUT2D eigenvalue weighted by Gasteiger charge is -2.15. The molecule has 3 heteroatoms.